The monoisotopic (exact) mass is 236 g/mol. The van der Waals surface area contributed by atoms with Crippen molar-refractivity contribution in [3.8, 4) is 0 Å². The summed E-state index contributed by atoms with van der Waals surface area (Å²) < 4.78 is 27.7. The van der Waals surface area contributed by atoms with Gasteiger partial charge in [-0.3, -0.25) is 0 Å². The molecule has 88 valence electrons. The molecule has 1 aliphatic rings. The first-order chi connectivity index (χ1) is 6.92. The maximum Gasteiger partial charge on any atom is 0.336 e. The Labute approximate surface area is 89.3 Å². The molecule has 0 aromatic heterocycles. The molecular formula is C9H16O5S. The first kappa shape index (κ1) is 12.4. The summed E-state index contributed by atoms with van der Waals surface area (Å²) in [6.45, 7) is 2.24. The van der Waals surface area contributed by atoms with E-state index in [-0.39, 0.29) is 24.3 Å². The molecule has 6 heteroatoms. The minimum Gasteiger partial charge on any atom is -0.479 e. The van der Waals surface area contributed by atoms with Crippen LogP contribution < -0.4 is 0 Å². The second kappa shape index (κ2) is 4.49. The lowest BCUT2D eigenvalue weighted by Crippen LogP contribution is -2.48. The maximum absolute atomic E-state index is 11.2. The molecule has 0 spiro atoms. The van der Waals surface area contributed by atoms with Crippen molar-refractivity contribution in [3.05, 3.63) is 0 Å². The summed E-state index contributed by atoms with van der Waals surface area (Å²) in [5.41, 5.74) is -1.28. The van der Waals surface area contributed by atoms with Gasteiger partial charge in [0.1, 0.15) is 0 Å². The van der Waals surface area contributed by atoms with Crippen molar-refractivity contribution in [2.75, 3.05) is 18.1 Å². The Bertz CT molecular complexity index is 318. The van der Waals surface area contributed by atoms with Gasteiger partial charge in [0, 0.05) is 19.4 Å². The molecule has 1 saturated heterocycles. The van der Waals surface area contributed by atoms with E-state index in [9.17, 15) is 13.2 Å². The van der Waals surface area contributed by atoms with Crippen LogP contribution in [-0.4, -0.2) is 43.2 Å². The zero-order valence-corrected chi connectivity index (χ0v) is 9.55. The Morgan fingerprint density at radius 1 is 1.40 bits per heavy atom. The van der Waals surface area contributed by atoms with Crippen LogP contribution in [0.4, 0.5) is 0 Å². The van der Waals surface area contributed by atoms with Gasteiger partial charge in [-0.2, -0.15) is 0 Å². The summed E-state index contributed by atoms with van der Waals surface area (Å²) in [5, 5.41) is 9.07. The van der Waals surface area contributed by atoms with Crippen LogP contribution in [-0.2, 0) is 19.4 Å². The standard InChI is InChI=1S/C9H16O5S/c1-2-5-14-9(8(10)11)3-6-15(12,13)7-4-9/h2-7H2,1H3,(H,10,11). The van der Waals surface area contributed by atoms with Gasteiger partial charge in [-0.25, -0.2) is 13.2 Å². The summed E-state index contributed by atoms with van der Waals surface area (Å²) in [6.07, 6.45) is 0.844. The third-order valence-electron chi connectivity index (χ3n) is 2.61. The SMILES string of the molecule is CCCOC1(C(=O)O)CCS(=O)(=O)CC1. The minimum absolute atomic E-state index is 0.0602. The zero-order valence-electron chi connectivity index (χ0n) is 8.73. The lowest BCUT2D eigenvalue weighted by Gasteiger charge is -2.32. The molecule has 1 N–H and O–H groups in total. The molecule has 0 bridgehead atoms. The topological polar surface area (TPSA) is 80.7 Å². The van der Waals surface area contributed by atoms with E-state index in [1.54, 1.807) is 0 Å². The average molecular weight is 236 g/mol. The average Bonchev–Trinajstić information content (AvgIpc) is 2.16. The molecule has 0 unspecified atom stereocenters. The summed E-state index contributed by atoms with van der Waals surface area (Å²) in [6, 6.07) is 0. The van der Waals surface area contributed by atoms with Gasteiger partial charge in [-0.05, 0) is 6.42 Å². The number of rotatable bonds is 4. The van der Waals surface area contributed by atoms with E-state index >= 15 is 0 Å². The highest BCUT2D eigenvalue weighted by Crippen LogP contribution is 2.28. The van der Waals surface area contributed by atoms with Crippen molar-refractivity contribution < 1.29 is 23.1 Å². The highest BCUT2D eigenvalue weighted by atomic mass is 32.2. The summed E-state index contributed by atoms with van der Waals surface area (Å²) in [4.78, 5) is 11.1. The molecule has 15 heavy (non-hydrogen) atoms. The van der Waals surface area contributed by atoms with E-state index in [0.29, 0.717) is 6.61 Å². The molecule has 0 aromatic rings. The first-order valence-corrected chi connectivity index (χ1v) is 6.82. The highest BCUT2D eigenvalue weighted by molar-refractivity contribution is 7.91. The second-order valence-electron chi connectivity index (χ2n) is 3.80. The number of hydrogen-bond acceptors (Lipinski definition) is 4. The molecule has 1 aliphatic heterocycles. The number of ether oxygens (including phenoxy) is 1. The molecule has 0 amide bonds. The third-order valence-corrected chi connectivity index (χ3v) is 4.26. The fourth-order valence-electron chi connectivity index (χ4n) is 1.59. The van der Waals surface area contributed by atoms with Crippen LogP contribution in [0.15, 0.2) is 0 Å². The van der Waals surface area contributed by atoms with Crippen molar-refractivity contribution in [3.63, 3.8) is 0 Å². The smallest absolute Gasteiger partial charge is 0.336 e. The summed E-state index contributed by atoms with van der Waals surface area (Å²) in [5.74, 6) is -1.24. The molecule has 0 radical (unpaired) electrons. The van der Waals surface area contributed by atoms with Crippen LogP contribution in [0, 0.1) is 0 Å². The predicted molar refractivity (Wildman–Crippen MR) is 54.5 cm³/mol. The van der Waals surface area contributed by atoms with Crippen LogP contribution in [0.3, 0.4) is 0 Å². The zero-order chi connectivity index (χ0) is 11.5. The molecule has 0 atom stereocenters. The van der Waals surface area contributed by atoms with E-state index in [4.69, 9.17) is 9.84 Å². The highest BCUT2D eigenvalue weighted by Gasteiger charge is 2.44. The second-order valence-corrected chi connectivity index (χ2v) is 6.10. The number of hydrogen-bond donors (Lipinski definition) is 1. The summed E-state index contributed by atoms with van der Waals surface area (Å²) >= 11 is 0. The number of carboxylic acids is 1. The normalized spacial score (nSPS) is 23.5. The van der Waals surface area contributed by atoms with Gasteiger partial charge in [-0.1, -0.05) is 6.92 Å². The number of carbonyl (C=O) groups is 1. The molecule has 5 nitrogen and oxygen atoms in total. The molecule has 1 heterocycles. The van der Waals surface area contributed by atoms with Gasteiger partial charge < -0.3 is 9.84 Å². The fraction of sp³-hybridized carbons (Fsp3) is 0.889. The Hall–Kier alpha value is -0.620. The van der Waals surface area contributed by atoms with Gasteiger partial charge in [-0.15, -0.1) is 0 Å². The lowest BCUT2D eigenvalue weighted by molar-refractivity contribution is -0.167. The quantitative estimate of drug-likeness (QED) is 0.766. The Morgan fingerprint density at radius 3 is 2.33 bits per heavy atom. The van der Waals surface area contributed by atoms with Gasteiger partial charge >= 0.3 is 5.97 Å². The fourth-order valence-corrected chi connectivity index (χ4v) is 3.07. The van der Waals surface area contributed by atoms with E-state index < -0.39 is 21.4 Å². The van der Waals surface area contributed by atoms with E-state index in [1.165, 1.54) is 0 Å². The molecule has 1 rings (SSSR count). The van der Waals surface area contributed by atoms with Crippen molar-refractivity contribution >= 4 is 15.8 Å². The summed E-state index contributed by atoms with van der Waals surface area (Å²) in [7, 11) is -3.06. The van der Waals surface area contributed by atoms with Gasteiger partial charge in [0.25, 0.3) is 0 Å². The largest absolute Gasteiger partial charge is 0.479 e. The van der Waals surface area contributed by atoms with Gasteiger partial charge in [0.15, 0.2) is 15.4 Å². The molecule has 0 aromatic carbocycles. The number of aliphatic carboxylic acids is 1. The van der Waals surface area contributed by atoms with Crippen molar-refractivity contribution in [1.82, 2.24) is 0 Å². The molecule has 0 aliphatic carbocycles. The maximum atomic E-state index is 11.2. The van der Waals surface area contributed by atoms with Crippen LogP contribution >= 0.6 is 0 Å². The van der Waals surface area contributed by atoms with Crippen LogP contribution in [0.5, 0.6) is 0 Å². The Kier molecular flexibility index (Phi) is 3.72. The molecular weight excluding hydrogens is 220 g/mol. The van der Waals surface area contributed by atoms with Crippen molar-refractivity contribution in [1.29, 1.82) is 0 Å². The lowest BCUT2D eigenvalue weighted by atomic mass is 9.97. The van der Waals surface area contributed by atoms with Gasteiger partial charge in [0.2, 0.25) is 0 Å². The third kappa shape index (κ3) is 2.92. The van der Waals surface area contributed by atoms with Crippen LogP contribution in [0.1, 0.15) is 26.2 Å². The van der Waals surface area contributed by atoms with Crippen LogP contribution in [0.25, 0.3) is 0 Å². The molecule has 0 saturated carbocycles. The van der Waals surface area contributed by atoms with Crippen molar-refractivity contribution in [2.45, 2.75) is 31.8 Å². The minimum atomic E-state index is -3.06. The van der Waals surface area contributed by atoms with E-state index in [2.05, 4.69) is 0 Å². The molecule has 1 fully saturated rings. The predicted octanol–water partition coefficient (Wildman–Crippen LogP) is 0.445. The van der Waals surface area contributed by atoms with E-state index in [0.717, 1.165) is 6.42 Å². The van der Waals surface area contributed by atoms with Gasteiger partial charge in [0.05, 0.1) is 11.5 Å². The van der Waals surface area contributed by atoms with Crippen LogP contribution in [0.2, 0.25) is 0 Å². The van der Waals surface area contributed by atoms with E-state index in [1.807, 2.05) is 6.92 Å². The first-order valence-electron chi connectivity index (χ1n) is 5.00. The Morgan fingerprint density at radius 2 is 1.93 bits per heavy atom. The number of sulfone groups is 1. The number of carboxylic acid groups (broad SMARTS) is 1. The Balaban J connectivity index is 2.73. The van der Waals surface area contributed by atoms with Crippen molar-refractivity contribution in [2.24, 2.45) is 0 Å².